The number of benzene rings is 1. The Labute approximate surface area is 177 Å². The number of ether oxygens (including phenoxy) is 1. The zero-order valence-corrected chi connectivity index (χ0v) is 18.4. The number of aromatic nitrogens is 2. The molecule has 0 radical (unpaired) electrons. The molecule has 1 amide bonds. The molecule has 2 aromatic rings. The average molecular weight is 462 g/mol. The fourth-order valence-corrected chi connectivity index (χ4v) is 3.66. The van der Waals surface area contributed by atoms with E-state index in [1.165, 1.54) is 10.8 Å². The number of esters is 1. The number of rotatable bonds is 4. The van der Waals surface area contributed by atoms with E-state index in [1.807, 2.05) is 6.92 Å². The summed E-state index contributed by atoms with van der Waals surface area (Å²) in [5, 5.41) is 2.84. The molecule has 0 bridgehead atoms. The van der Waals surface area contributed by atoms with Crippen LogP contribution in [0, 0.1) is 0 Å². The molecule has 1 N–H and O–H groups in total. The summed E-state index contributed by atoms with van der Waals surface area (Å²) in [6, 6.07) is 5.87. The van der Waals surface area contributed by atoms with Gasteiger partial charge in [-0.05, 0) is 73.8 Å². The summed E-state index contributed by atoms with van der Waals surface area (Å²) in [6.45, 7) is 7.42. The van der Waals surface area contributed by atoms with Crippen LogP contribution in [0.4, 0.5) is 5.69 Å². The summed E-state index contributed by atoms with van der Waals surface area (Å²) in [5.41, 5.74) is 0.108. The number of amides is 1. The number of halogens is 1. The quantitative estimate of drug-likeness (QED) is 0.693. The predicted octanol–water partition coefficient (Wildman–Crippen LogP) is 4.04. The van der Waals surface area contributed by atoms with Crippen LogP contribution in [-0.4, -0.2) is 27.0 Å². The number of nitrogens with zero attached hydrogens (tertiary/aromatic N) is 2. The first-order valence-electron chi connectivity index (χ1n) is 9.52. The van der Waals surface area contributed by atoms with Crippen LogP contribution >= 0.6 is 15.9 Å². The fraction of sp³-hybridized carbons (Fsp3) is 0.429. The van der Waals surface area contributed by atoms with Crippen molar-refractivity contribution in [2.45, 2.75) is 58.1 Å². The normalized spacial score (nSPS) is 18.2. The molecule has 2 atom stereocenters. The molecule has 7 nitrogen and oxygen atoms in total. The number of fused-ring (bicyclic) bond motifs is 1. The minimum Gasteiger partial charge on any atom is -0.456 e. The minimum absolute atomic E-state index is 0.0566. The van der Waals surface area contributed by atoms with Crippen LogP contribution in [-0.2, 0) is 9.53 Å². The van der Waals surface area contributed by atoms with E-state index in [-0.39, 0.29) is 17.4 Å². The number of hydrogen-bond acceptors (Lipinski definition) is 5. The van der Waals surface area contributed by atoms with Gasteiger partial charge < -0.3 is 10.1 Å². The van der Waals surface area contributed by atoms with Crippen LogP contribution in [0.1, 0.15) is 68.7 Å². The van der Waals surface area contributed by atoms with Crippen molar-refractivity contribution in [2.24, 2.45) is 0 Å². The highest BCUT2D eigenvalue weighted by molar-refractivity contribution is 9.10. The number of hydrogen-bond donors (Lipinski definition) is 1. The molecule has 0 spiro atoms. The molecular weight excluding hydrogens is 438 g/mol. The van der Waals surface area contributed by atoms with Crippen LogP contribution in [0.15, 0.2) is 39.7 Å². The zero-order valence-electron chi connectivity index (χ0n) is 16.9. The van der Waals surface area contributed by atoms with Gasteiger partial charge in [0, 0.05) is 17.8 Å². The Kier molecular flexibility index (Phi) is 5.93. The van der Waals surface area contributed by atoms with Gasteiger partial charge in [-0.15, -0.1) is 0 Å². The Bertz CT molecular complexity index is 992. The van der Waals surface area contributed by atoms with E-state index in [1.54, 1.807) is 45.0 Å². The summed E-state index contributed by atoms with van der Waals surface area (Å²) in [7, 11) is 0. The lowest BCUT2D eigenvalue weighted by molar-refractivity contribution is -0.119. The lowest BCUT2D eigenvalue weighted by Crippen LogP contribution is -2.32. The molecule has 1 aliphatic heterocycles. The van der Waals surface area contributed by atoms with Gasteiger partial charge in [0.25, 0.3) is 5.56 Å². The van der Waals surface area contributed by atoms with Crippen molar-refractivity contribution in [3.63, 3.8) is 0 Å². The minimum atomic E-state index is -0.627. The molecule has 1 aliphatic rings. The zero-order chi connectivity index (χ0) is 21.3. The third-order valence-corrected chi connectivity index (χ3v) is 5.29. The third-order valence-electron chi connectivity index (χ3n) is 4.75. The van der Waals surface area contributed by atoms with Gasteiger partial charge in [0.2, 0.25) is 5.91 Å². The molecule has 8 heteroatoms. The van der Waals surface area contributed by atoms with Crippen molar-refractivity contribution in [2.75, 3.05) is 5.32 Å². The molecule has 1 aromatic heterocycles. The molecule has 0 saturated carbocycles. The molecule has 0 aliphatic carbocycles. The third kappa shape index (κ3) is 4.58. The van der Waals surface area contributed by atoms with Gasteiger partial charge in [-0.2, -0.15) is 0 Å². The van der Waals surface area contributed by atoms with E-state index >= 15 is 0 Å². The Morgan fingerprint density at radius 2 is 1.93 bits per heavy atom. The number of carbonyl (C=O) groups excluding carboxylic acids is 2. The van der Waals surface area contributed by atoms with Gasteiger partial charge in [-0.1, -0.05) is 6.92 Å². The Morgan fingerprint density at radius 3 is 2.52 bits per heavy atom. The fourth-order valence-electron chi connectivity index (χ4n) is 3.37. The first-order valence-corrected chi connectivity index (χ1v) is 10.3. The number of anilines is 1. The van der Waals surface area contributed by atoms with Gasteiger partial charge in [0.05, 0.1) is 5.56 Å². The van der Waals surface area contributed by atoms with Gasteiger partial charge in [-0.3, -0.25) is 14.2 Å². The number of nitrogens with one attached hydrogen (secondary N) is 1. The average Bonchev–Trinajstić information content (AvgIpc) is 3.03. The maximum Gasteiger partial charge on any atom is 0.338 e. The van der Waals surface area contributed by atoms with Gasteiger partial charge in [-0.25, -0.2) is 9.78 Å². The Morgan fingerprint density at radius 1 is 1.28 bits per heavy atom. The van der Waals surface area contributed by atoms with Gasteiger partial charge in [0.1, 0.15) is 21.9 Å². The van der Waals surface area contributed by atoms with Gasteiger partial charge in [0.15, 0.2) is 0 Å². The van der Waals surface area contributed by atoms with E-state index in [9.17, 15) is 14.4 Å². The van der Waals surface area contributed by atoms with Crippen LogP contribution in [0.3, 0.4) is 0 Å². The molecular formula is C21H24BrN3O4. The van der Waals surface area contributed by atoms with Crippen molar-refractivity contribution in [1.29, 1.82) is 0 Å². The van der Waals surface area contributed by atoms with E-state index in [0.717, 1.165) is 6.42 Å². The largest absolute Gasteiger partial charge is 0.456 e. The summed E-state index contributed by atoms with van der Waals surface area (Å²) in [6.07, 6.45) is 2.81. The molecule has 0 unspecified atom stereocenters. The summed E-state index contributed by atoms with van der Waals surface area (Å²) < 4.78 is 7.14. The van der Waals surface area contributed by atoms with E-state index in [0.29, 0.717) is 28.0 Å². The standard InChI is InChI=1S/C21H24BrN3O4/c1-5-12-10-16(25-17(12)23-11-15(22)19(25)27)18(26)24-14-8-6-13(7-9-14)20(28)29-21(2,3)4/h6-9,11-12,16H,5,10H2,1-4H3,(H,24,26)/t12-,16+/m1/s1. The summed E-state index contributed by atoms with van der Waals surface area (Å²) >= 11 is 3.20. The predicted molar refractivity (Wildman–Crippen MR) is 113 cm³/mol. The molecule has 0 saturated heterocycles. The molecule has 2 heterocycles. The van der Waals surface area contributed by atoms with Crippen molar-refractivity contribution in [3.05, 3.63) is 56.7 Å². The second-order valence-electron chi connectivity index (χ2n) is 8.06. The first-order chi connectivity index (χ1) is 13.6. The second kappa shape index (κ2) is 8.10. The number of carbonyl (C=O) groups is 2. The Balaban J connectivity index is 1.77. The molecule has 1 aromatic carbocycles. The Hall–Kier alpha value is -2.48. The molecule has 154 valence electrons. The van der Waals surface area contributed by atoms with Crippen LogP contribution in [0.25, 0.3) is 0 Å². The summed E-state index contributed by atoms with van der Waals surface area (Å²) in [5.74, 6) is -0.00945. The lowest BCUT2D eigenvalue weighted by Gasteiger charge is -2.19. The van der Waals surface area contributed by atoms with Crippen LogP contribution in [0.2, 0.25) is 0 Å². The smallest absolute Gasteiger partial charge is 0.338 e. The van der Waals surface area contributed by atoms with Crippen LogP contribution < -0.4 is 10.9 Å². The highest BCUT2D eigenvalue weighted by Crippen LogP contribution is 2.36. The topological polar surface area (TPSA) is 90.3 Å². The second-order valence-corrected chi connectivity index (χ2v) is 8.92. The maximum atomic E-state index is 12.9. The molecule has 29 heavy (non-hydrogen) atoms. The van der Waals surface area contributed by atoms with Crippen LogP contribution in [0.5, 0.6) is 0 Å². The summed E-state index contributed by atoms with van der Waals surface area (Å²) in [4.78, 5) is 41.9. The highest BCUT2D eigenvalue weighted by atomic mass is 79.9. The first kappa shape index (κ1) is 21.2. The van der Waals surface area contributed by atoms with Crippen molar-refractivity contribution >= 4 is 33.5 Å². The lowest BCUT2D eigenvalue weighted by atomic mass is 10.0. The van der Waals surface area contributed by atoms with E-state index < -0.39 is 17.6 Å². The van der Waals surface area contributed by atoms with Gasteiger partial charge >= 0.3 is 5.97 Å². The van der Waals surface area contributed by atoms with Crippen molar-refractivity contribution in [1.82, 2.24) is 9.55 Å². The highest BCUT2D eigenvalue weighted by Gasteiger charge is 2.36. The van der Waals surface area contributed by atoms with Crippen molar-refractivity contribution < 1.29 is 14.3 Å². The van der Waals surface area contributed by atoms with Crippen molar-refractivity contribution in [3.8, 4) is 0 Å². The monoisotopic (exact) mass is 461 g/mol. The SMILES string of the molecule is CC[C@@H]1C[C@@H](C(=O)Nc2ccc(C(=O)OC(C)(C)C)cc2)n2c1ncc(Br)c2=O. The van der Waals surface area contributed by atoms with E-state index in [4.69, 9.17) is 4.74 Å². The van der Waals surface area contributed by atoms with E-state index in [2.05, 4.69) is 26.2 Å². The maximum absolute atomic E-state index is 12.9. The molecule has 3 rings (SSSR count). The molecule has 0 fully saturated rings.